The maximum absolute atomic E-state index is 14.2. The fourth-order valence-electron chi connectivity index (χ4n) is 5.37. The lowest BCUT2D eigenvalue weighted by atomic mass is 9.70. The van der Waals surface area contributed by atoms with Crippen LogP contribution in [0, 0.1) is 11.8 Å². The first kappa shape index (κ1) is 24.9. The number of phenols is 6. The fourth-order valence-corrected chi connectivity index (χ4v) is 5.37. The minimum Gasteiger partial charge on any atom is -0.508 e. The number of ether oxygens (including phenoxy) is 2. The zero-order chi connectivity index (χ0) is 28.3. The zero-order valence-corrected chi connectivity index (χ0v) is 20.6. The Morgan fingerprint density at radius 1 is 0.475 bits per heavy atom. The van der Waals surface area contributed by atoms with Crippen LogP contribution < -0.4 is 9.47 Å². The number of benzene rings is 4. The minimum absolute atomic E-state index is 0.0622. The van der Waals surface area contributed by atoms with Gasteiger partial charge in [0.25, 0.3) is 0 Å². The third kappa shape index (κ3) is 3.97. The molecule has 0 aliphatic carbocycles. The van der Waals surface area contributed by atoms with Crippen LogP contribution in [0.4, 0.5) is 0 Å². The molecule has 0 bridgehead atoms. The van der Waals surface area contributed by atoms with Crippen molar-refractivity contribution in [1.29, 1.82) is 0 Å². The van der Waals surface area contributed by atoms with E-state index in [-0.39, 0.29) is 45.3 Å². The van der Waals surface area contributed by atoms with Gasteiger partial charge in [-0.2, -0.15) is 0 Å². The summed E-state index contributed by atoms with van der Waals surface area (Å²) in [6.07, 6.45) is -2.37. The van der Waals surface area contributed by atoms with Crippen molar-refractivity contribution >= 4 is 11.6 Å². The van der Waals surface area contributed by atoms with Gasteiger partial charge in [-0.1, -0.05) is 12.1 Å². The Labute approximate surface area is 226 Å². The highest BCUT2D eigenvalue weighted by molar-refractivity contribution is 6.09. The molecule has 0 spiro atoms. The van der Waals surface area contributed by atoms with Crippen LogP contribution in [0.1, 0.15) is 44.1 Å². The van der Waals surface area contributed by atoms with E-state index < -0.39 is 58.6 Å². The van der Waals surface area contributed by atoms with E-state index in [0.29, 0.717) is 0 Å². The van der Waals surface area contributed by atoms with Crippen molar-refractivity contribution in [2.45, 2.75) is 12.2 Å². The average molecular weight is 542 g/mol. The smallest absolute Gasteiger partial charge is 0.174 e. The molecule has 0 saturated heterocycles. The molecule has 0 fully saturated rings. The minimum atomic E-state index is -1.25. The molecule has 4 aromatic rings. The molecule has 4 aromatic carbocycles. The van der Waals surface area contributed by atoms with E-state index >= 15 is 0 Å². The van der Waals surface area contributed by atoms with E-state index in [2.05, 4.69) is 0 Å². The summed E-state index contributed by atoms with van der Waals surface area (Å²) in [5.74, 6) is -5.44. The van der Waals surface area contributed by atoms with Gasteiger partial charge in [0.2, 0.25) is 0 Å². The lowest BCUT2D eigenvalue weighted by molar-refractivity contribution is 0.0135. The Morgan fingerprint density at radius 3 is 1.25 bits per heavy atom. The first-order valence-electron chi connectivity index (χ1n) is 12.2. The van der Waals surface area contributed by atoms with Crippen LogP contribution in [-0.2, 0) is 0 Å². The lowest BCUT2D eigenvalue weighted by Gasteiger charge is -2.42. The Kier molecular flexibility index (Phi) is 5.69. The highest BCUT2D eigenvalue weighted by atomic mass is 16.5. The van der Waals surface area contributed by atoms with Crippen LogP contribution in [0.5, 0.6) is 46.0 Å². The third-order valence-electron chi connectivity index (χ3n) is 7.27. The van der Waals surface area contributed by atoms with Crippen molar-refractivity contribution in [2.24, 2.45) is 11.8 Å². The highest BCUT2D eigenvalue weighted by Gasteiger charge is 2.52. The summed E-state index contributed by atoms with van der Waals surface area (Å²) in [4.78, 5) is 28.3. The monoisotopic (exact) mass is 542 g/mol. The predicted octanol–water partition coefficient (Wildman–Crippen LogP) is 4.49. The van der Waals surface area contributed by atoms with Crippen LogP contribution in [0.3, 0.4) is 0 Å². The molecule has 2 heterocycles. The van der Waals surface area contributed by atoms with Crippen molar-refractivity contribution < 1.29 is 49.7 Å². The van der Waals surface area contributed by atoms with Gasteiger partial charge in [-0.25, -0.2) is 0 Å². The number of ketones is 2. The number of fused-ring (bicyclic) bond motifs is 2. The van der Waals surface area contributed by atoms with E-state index in [0.717, 1.165) is 0 Å². The SMILES string of the molecule is O=C1c2ccc(O)cc2O[C@H](c2ccc(O)c(O)c2)[C@H]1[C@H]1C(=O)c2ccc(O)cc2O[C@@H]1c1ccc(O)c(O)c1. The number of carbonyl (C=O) groups is 2. The summed E-state index contributed by atoms with van der Waals surface area (Å²) in [6, 6.07) is 15.7. The van der Waals surface area contributed by atoms with Crippen molar-refractivity contribution in [2.75, 3.05) is 0 Å². The molecule has 10 nitrogen and oxygen atoms in total. The van der Waals surface area contributed by atoms with Gasteiger partial charge in [0.05, 0.1) is 23.0 Å². The predicted molar refractivity (Wildman–Crippen MR) is 138 cm³/mol. The Balaban J connectivity index is 1.57. The van der Waals surface area contributed by atoms with Crippen LogP contribution in [0.25, 0.3) is 0 Å². The van der Waals surface area contributed by atoms with Gasteiger partial charge in [0.1, 0.15) is 35.2 Å². The maximum Gasteiger partial charge on any atom is 0.174 e. The van der Waals surface area contributed by atoms with Crippen molar-refractivity contribution in [3.63, 3.8) is 0 Å². The largest absolute Gasteiger partial charge is 0.508 e. The van der Waals surface area contributed by atoms with Gasteiger partial charge in [0, 0.05) is 12.1 Å². The molecule has 6 rings (SSSR count). The van der Waals surface area contributed by atoms with Gasteiger partial charge < -0.3 is 40.1 Å². The first-order chi connectivity index (χ1) is 19.1. The fraction of sp³-hybridized carbons (Fsp3) is 0.133. The number of phenolic OH excluding ortho intramolecular Hbond substituents is 6. The molecular weight excluding hydrogens is 520 g/mol. The third-order valence-corrected chi connectivity index (χ3v) is 7.27. The summed E-state index contributed by atoms with van der Waals surface area (Å²) < 4.78 is 12.4. The van der Waals surface area contributed by atoms with Gasteiger partial charge >= 0.3 is 0 Å². The first-order valence-corrected chi connectivity index (χ1v) is 12.2. The van der Waals surface area contributed by atoms with Gasteiger partial charge in [-0.3, -0.25) is 9.59 Å². The van der Waals surface area contributed by atoms with Crippen molar-refractivity contribution in [1.82, 2.24) is 0 Å². The van der Waals surface area contributed by atoms with E-state index in [9.17, 15) is 40.2 Å². The molecule has 2 aliphatic heterocycles. The summed E-state index contributed by atoms with van der Waals surface area (Å²) >= 11 is 0. The lowest BCUT2D eigenvalue weighted by Crippen LogP contribution is -2.45. The second-order valence-corrected chi connectivity index (χ2v) is 9.71. The molecule has 40 heavy (non-hydrogen) atoms. The zero-order valence-electron chi connectivity index (χ0n) is 20.6. The molecule has 10 heteroatoms. The molecule has 0 saturated carbocycles. The molecule has 4 atom stereocenters. The number of Topliss-reactive ketones (excluding diaryl/α,β-unsaturated/α-hetero) is 2. The molecule has 6 N–H and O–H groups in total. The molecule has 0 unspecified atom stereocenters. The number of hydrogen-bond donors (Lipinski definition) is 6. The number of aromatic hydroxyl groups is 6. The molecule has 2 aliphatic rings. The average Bonchev–Trinajstić information content (AvgIpc) is 2.92. The van der Waals surface area contributed by atoms with Gasteiger partial charge in [-0.05, 0) is 59.7 Å². The Bertz CT molecular complexity index is 1570. The van der Waals surface area contributed by atoms with Crippen LogP contribution >= 0.6 is 0 Å². The topological polar surface area (TPSA) is 174 Å². The number of carbonyl (C=O) groups excluding carboxylic acids is 2. The Hall–Kier alpha value is -5.38. The van der Waals surface area contributed by atoms with E-state index in [4.69, 9.17) is 9.47 Å². The van der Waals surface area contributed by atoms with Crippen molar-refractivity contribution in [3.05, 3.63) is 95.1 Å². The summed E-state index contributed by atoms with van der Waals surface area (Å²) in [5.41, 5.74) is 0.746. The standard InChI is InChI=1S/C30H22O10/c31-15-3-5-17-23(11-15)39-29(13-1-7-19(33)21(35)9-13)25(27(17)37)26-28(38)18-6-4-16(32)12-24(18)40-30(26)14-2-8-20(34)22(36)10-14/h1-12,25-26,29-36H/t25-,26-,29+,30+/m0/s1. The molecule has 0 radical (unpaired) electrons. The van der Waals surface area contributed by atoms with Crippen LogP contribution in [0.2, 0.25) is 0 Å². The van der Waals surface area contributed by atoms with Gasteiger partial charge in [0.15, 0.2) is 34.6 Å². The number of hydrogen-bond acceptors (Lipinski definition) is 10. The highest BCUT2D eigenvalue weighted by Crippen LogP contribution is 2.52. The number of rotatable bonds is 3. The molecular formula is C30H22O10. The Morgan fingerprint density at radius 2 is 0.875 bits per heavy atom. The van der Waals surface area contributed by atoms with E-state index in [1.807, 2.05) is 0 Å². The quantitative estimate of drug-likeness (QED) is 0.203. The van der Waals surface area contributed by atoms with E-state index in [1.165, 1.54) is 72.8 Å². The summed E-state index contributed by atoms with van der Waals surface area (Å²) in [5, 5.41) is 60.3. The summed E-state index contributed by atoms with van der Waals surface area (Å²) in [6.45, 7) is 0. The van der Waals surface area contributed by atoms with Crippen LogP contribution in [0.15, 0.2) is 72.8 Å². The molecule has 202 valence electrons. The molecule has 0 amide bonds. The normalized spacial score (nSPS) is 21.6. The second-order valence-electron chi connectivity index (χ2n) is 9.71. The van der Waals surface area contributed by atoms with Gasteiger partial charge in [-0.15, -0.1) is 0 Å². The summed E-state index contributed by atoms with van der Waals surface area (Å²) in [7, 11) is 0. The second kappa shape index (κ2) is 9.12. The maximum atomic E-state index is 14.2. The molecule has 0 aromatic heterocycles. The van der Waals surface area contributed by atoms with E-state index in [1.54, 1.807) is 0 Å². The van der Waals surface area contributed by atoms with Crippen LogP contribution in [-0.4, -0.2) is 42.2 Å². The van der Waals surface area contributed by atoms with Crippen molar-refractivity contribution in [3.8, 4) is 46.0 Å².